The maximum Gasteiger partial charge on any atom is 1.00 e. The Morgan fingerprint density at radius 2 is 1.38 bits per heavy atom. The molecular formula is C19H21F2LiO2. The number of halogens is 2. The number of benzene rings is 2. The minimum atomic E-state index is -0.335. The molecule has 0 fully saturated rings. The molecule has 24 heavy (non-hydrogen) atoms. The molecule has 0 spiro atoms. The molecule has 0 aliphatic rings. The smallest absolute Gasteiger partial charge is 0.875 e. The van der Waals surface area contributed by atoms with Crippen molar-refractivity contribution in [1.29, 1.82) is 0 Å². The molecule has 0 N–H and O–H groups in total. The van der Waals surface area contributed by atoms with Gasteiger partial charge < -0.3 is 9.84 Å². The largest absolute Gasteiger partial charge is 1.00 e. The third kappa shape index (κ3) is 9.52. The van der Waals surface area contributed by atoms with Gasteiger partial charge in [-0.25, -0.2) is 8.78 Å². The van der Waals surface area contributed by atoms with Gasteiger partial charge in [-0.1, -0.05) is 30.3 Å². The minimum Gasteiger partial charge on any atom is -0.875 e. The van der Waals surface area contributed by atoms with Crippen LogP contribution in [0.5, 0.6) is 0 Å². The number of ether oxygens (including phenoxy) is 1. The molecule has 0 atom stereocenters. The molecule has 0 aliphatic heterocycles. The Morgan fingerprint density at radius 3 is 1.79 bits per heavy atom. The van der Waals surface area contributed by atoms with Crippen molar-refractivity contribution in [1.82, 2.24) is 0 Å². The van der Waals surface area contributed by atoms with Crippen LogP contribution in [0.4, 0.5) is 8.78 Å². The molecule has 5 heteroatoms. The molecule has 2 nitrogen and oxygen atoms in total. The summed E-state index contributed by atoms with van der Waals surface area (Å²) in [4.78, 5) is 0. The van der Waals surface area contributed by atoms with Crippen molar-refractivity contribution in [2.75, 3.05) is 13.2 Å². The van der Waals surface area contributed by atoms with Crippen LogP contribution in [0.25, 0.3) is 6.08 Å². The fourth-order valence-electron chi connectivity index (χ4n) is 1.80. The van der Waals surface area contributed by atoms with E-state index in [4.69, 9.17) is 4.74 Å². The van der Waals surface area contributed by atoms with Gasteiger partial charge in [0.15, 0.2) is 0 Å². The van der Waals surface area contributed by atoms with E-state index in [-0.39, 0.29) is 42.7 Å². The average molecular weight is 326 g/mol. The third-order valence-electron chi connectivity index (χ3n) is 2.90. The van der Waals surface area contributed by atoms with Crippen LogP contribution in [-0.4, -0.2) is 13.2 Å². The van der Waals surface area contributed by atoms with E-state index in [1.165, 1.54) is 42.5 Å². The van der Waals surface area contributed by atoms with Gasteiger partial charge in [-0.05, 0) is 55.7 Å². The summed E-state index contributed by atoms with van der Waals surface area (Å²) in [7, 11) is 0. The first kappa shape index (κ1) is 22.4. The summed E-state index contributed by atoms with van der Waals surface area (Å²) in [6.45, 7) is 5.67. The molecule has 0 saturated heterocycles. The molecule has 2 rings (SSSR count). The predicted octanol–water partition coefficient (Wildman–Crippen LogP) is 0.956. The first-order chi connectivity index (χ1) is 11.0. The van der Waals surface area contributed by atoms with E-state index in [0.29, 0.717) is 5.56 Å². The van der Waals surface area contributed by atoms with Gasteiger partial charge in [-0.2, -0.15) is 0 Å². The molecular weight excluding hydrogens is 305 g/mol. The molecule has 2 aromatic rings. The Labute approximate surface area is 154 Å². The molecule has 0 unspecified atom stereocenters. The Morgan fingerprint density at radius 1 is 0.917 bits per heavy atom. The van der Waals surface area contributed by atoms with Gasteiger partial charge in [0.25, 0.3) is 0 Å². The Balaban J connectivity index is 0.000000777. The number of hydrogen-bond acceptors (Lipinski definition) is 2. The fraction of sp³-hybridized carbons (Fsp3) is 0.263. The van der Waals surface area contributed by atoms with Gasteiger partial charge >= 0.3 is 18.9 Å². The van der Waals surface area contributed by atoms with Crippen LogP contribution < -0.4 is 24.0 Å². The van der Waals surface area contributed by atoms with Crippen LogP contribution >= 0.6 is 0 Å². The van der Waals surface area contributed by atoms with Gasteiger partial charge in [-0.15, -0.1) is 5.76 Å². The molecule has 0 heterocycles. The predicted molar refractivity (Wildman–Crippen MR) is 86.6 cm³/mol. The van der Waals surface area contributed by atoms with Crippen molar-refractivity contribution in [3.8, 4) is 0 Å². The van der Waals surface area contributed by atoms with Crippen LogP contribution in [0.1, 0.15) is 25.0 Å². The van der Waals surface area contributed by atoms with Crippen LogP contribution in [-0.2, 0) is 11.2 Å². The van der Waals surface area contributed by atoms with E-state index in [2.05, 4.69) is 0 Å². The number of allylic oxidation sites excluding steroid dienone is 1. The van der Waals surface area contributed by atoms with Gasteiger partial charge in [0.2, 0.25) is 0 Å². The van der Waals surface area contributed by atoms with E-state index in [9.17, 15) is 13.9 Å². The SMILES string of the molecule is CCOCC.[Li+].[O-]/C(=C\c1ccc(F)cc1)Cc1ccc(F)cc1. The van der Waals surface area contributed by atoms with Crippen molar-refractivity contribution in [2.45, 2.75) is 20.3 Å². The molecule has 0 radical (unpaired) electrons. The molecule has 124 valence electrons. The van der Waals surface area contributed by atoms with Crippen molar-refractivity contribution in [3.63, 3.8) is 0 Å². The van der Waals surface area contributed by atoms with E-state index < -0.39 is 0 Å². The van der Waals surface area contributed by atoms with E-state index in [0.717, 1.165) is 18.8 Å². The monoisotopic (exact) mass is 326 g/mol. The van der Waals surface area contributed by atoms with Gasteiger partial charge in [0.05, 0.1) is 0 Å². The summed E-state index contributed by atoms with van der Waals surface area (Å²) in [6.07, 6.45) is 1.65. The van der Waals surface area contributed by atoms with Crippen LogP contribution in [0.3, 0.4) is 0 Å². The second kappa shape index (κ2) is 12.8. The fourth-order valence-corrected chi connectivity index (χ4v) is 1.80. The molecule has 0 aliphatic carbocycles. The van der Waals surface area contributed by atoms with Crippen molar-refractivity contribution < 1.29 is 37.5 Å². The van der Waals surface area contributed by atoms with Gasteiger partial charge in [0.1, 0.15) is 11.6 Å². The average Bonchev–Trinajstić information content (AvgIpc) is 2.53. The normalized spacial score (nSPS) is 10.4. The second-order valence-electron chi connectivity index (χ2n) is 4.75. The van der Waals surface area contributed by atoms with Crippen molar-refractivity contribution in [3.05, 3.63) is 77.1 Å². The summed E-state index contributed by atoms with van der Waals surface area (Å²) in [6, 6.07) is 11.5. The second-order valence-corrected chi connectivity index (χ2v) is 4.75. The molecule has 2 aromatic carbocycles. The first-order valence-electron chi connectivity index (χ1n) is 7.50. The Hall–Kier alpha value is -1.60. The summed E-state index contributed by atoms with van der Waals surface area (Å²) in [5, 5.41) is 11.7. The maximum absolute atomic E-state index is 12.7. The quantitative estimate of drug-likeness (QED) is 0.605. The number of hydrogen-bond donors (Lipinski definition) is 0. The number of rotatable bonds is 5. The first-order valence-corrected chi connectivity index (χ1v) is 7.50. The van der Waals surface area contributed by atoms with Crippen molar-refractivity contribution >= 4 is 6.08 Å². The zero-order valence-electron chi connectivity index (χ0n) is 14.4. The van der Waals surface area contributed by atoms with Gasteiger partial charge in [-0.3, -0.25) is 0 Å². The third-order valence-corrected chi connectivity index (χ3v) is 2.90. The van der Waals surface area contributed by atoms with Crippen LogP contribution in [0.15, 0.2) is 54.3 Å². The maximum atomic E-state index is 12.7. The topological polar surface area (TPSA) is 32.3 Å². The summed E-state index contributed by atoms with van der Waals surface area (Å²) < 4.78 is 30.2. The molecule has 0 amide bonds. The summed E-state index contributed by atoms with van der Waals surface area (Å²) in [5.41, 5.74) is 1.41. The van der Waals surface area contributed by atoms with Crippen LogP contribution in [0.2, 0.25) is 0 Å². The van der Waals surface area contributed by atoms with Crippen LogP contribution in [0, 0.1) is 11.6 Å². The summed E-state index contributed by atoms with van der Waals surface area (Å²) >= 11 is 0. The minimum absolute atomic E-state index is 0. The standard InChI is InChI=1S/C15H12F2O.C4H10O.Li/c16-13-5-1-11(2-6-13)9-15(18)10-12-3-7-14(17)8-4-12;1-3-5-4-2;/h1-9,18H,10H2;3-4H2,1-2H3;/q;;+1/p-1/b15-9-;;. The molecule has 0 saturated carbocycles. The molecule has 0 aromatic heterocycles. The summed E-state index contributed by atoms with van der Waals surface area (Å²) in [5.74, 6) is -0.764. The zero-order valence-corrected chi connectivity index (χ0v) is 14.4. The van der Waals surface area contributed by atoms with E-state index in [1.807, 2.05) is 13.8 Å². The van der Waals surface area contributed by atoms with Crippen molar-refractivity contribution in [2.24, 2.45) is 0 Å². The Kier molecular flexibility index (Phi) is 11.9. The van der Waals surface area contributed by atoms with Gasteiger partial charge in [0, 0.05) is 13.2 Å². The van der Waals surface area contributed by atoms with E-state index in [1.54, 1.807) is 12.1 Å². The Bertz CT molecular complexity index is 594. The molecule has 0 bridgehead atoms. The zero-order chi connectivity index (χ0) is 17.1. The van der Waals surface area contributed by atoms with E-state index >= 15 is 0 Å².